The fraction of sp³-hybridized carbons (Fsp3) is 0.462. The lowest BCUT2D eigenvalue weighted by molar-refractivity contribution is -0.667. The van der Waals surface area contributed by atoms with Crippen LogP contribution >= 0.6 is 46.4 Å². The molecule has 0 bridgehead atoms. The summed E-state index contributed by atoms with van der Waals surface area (Å²) in [4.78, 5) is 0. The van der Waals surface area contributed by atoms with Crippen LogP contribution in [0.3, 0.4) is 0 Å². The van der Waals surface area contributed by atoms with Crippen LogP contribution < -0.4 is 4.57 Å². The molecule has 0 unspecified atom stereocenters. The van der Waals surface area contributed by atoms with E-state index >= 15 is 0 Å². The Balaban J connectivity index is 2.99. The van der Waals surface area contributed by atoms with Gasteiger partial charge in [0, 0.05) is 0 Å². The highest BCUT2D eigenvalue weighted by Gasteiger charge is 2.47. The molecular weight excluding hydrogens is 383 g/mol. The van der Waals surface area contributed by atoms with Gasteiger partial charge in [0.05, 0.1) is 23.6 Å². The quantitative estimate of drug-likeness (QED) is 0.348. The van der Waals surface area contributed by atoms with Crippen molar-refractivity contribution in [2.75, 3.05) is 0 Å². The molecule has 1 heterocycles. The van der Waals surface area contributed by atoms with Gasteiger partial charge in [-0.15, -0.1) is 0 Å². The van der Waals surface area contributed by atoms with E-state index in [2.05, 4.69) is 0 Å². The van der Waals surface area contributed by atoms with E-state index in [4.69, 9.17) is 46.4 Å². The van der Waals surface area contributed by atoms with Crippen LogP contribution in [0.4, 0.5) is 13.2 Å². The van der Waals surface area contributed by atoms with Crippen molar-refractivity contribution in [3.8, 4) is 0 Å². The lowest BCUT2D eigenvalue weighted by Crippen LogP contribution is -2.38. The SMILES string of the molecule is CCCCn1c(C(F)(F)F)[n+](C)c2c(Cl)c(Cl)c(Cl)c(Cl)c21. The molecule has 1 aromatic heterocycles. The molecule has 0 fully saturated rings. The molecule has 0 spiro atoms. The van der Waals surface area contributed by atoms with E-state index in [1.165, 1.54) is 7.05 Å². The molecule has 1 aromatic carbocycles. The van der Waals surface area contributed by atoms with E-state index in [9.17, 15) is 13.2 Å². The fourth-order valence-corrected chi connectivity index (χ4v) is 3.49. The number of rotatable bonds is 3. The molecule has 0 aliphatic heterocycles. The van der Waals surface area contributed by atoms with Gasteiger partial charge in [-0.05, 0) is 6.42 Å². The highest BCUT2D eigenvalue weighted by Crippen LogP contribution is 2.44. The first-order valence-corrected chi connectivity index (χ1v) is 7.95. The van der Waals surface area contributed by atoms with E-state index in [-0.39, 0.29) is 37.7 Å². The Morgan fingerprint density at radius 1 is 1.00 bits per heavy atom. The third-order valence-corrected chi connectivity index (χ3v) is 5.17. The number of alkyl halides is 3. The first-order valence-electron chi connectivity index (χ1n) is 6.44. The second-order valence-corrected chi connectivity index (χ2v) is 6.35. The van der Waals surface area contributed by atoms with Crippen LogP contribution in [-0.4, -0.2) is 4.57 Å². The number of halogens is 7. The van der Waals surface area contributed by atoms with E-state index in [0.29, 0.717) is 6.42 Å². The van der Waals surface area contributed by atoms with Crippen LogP contribution in [0.15, 0.2) is 0 Å². The van der Waals surface area contributed by atoms with Crippen LogP contribution in [0.5, 0.6) is 0 Å². The molecular formula is C13H12Cl4F3N2+. The Hall–Kier alpha value is -0.360. The van der Waals surface area contributed by atoms with Crippen LogP contribution in [-0.2, 0) is 19.8 Å². The molecule has 22 heavy (non-hydrogen) atoms. The van der Waals surface area contributed by atoms with E-state index in [1.807, 2.05) is 6.92 Å². The highest BCUT2D eigenvalue weighted by molar-refractivity contribution is 6.54. The monoisotopic (exact) mass is 393 g/mol. The summed E-state index contributed by atoms with van der Waals surface area (Å²) >= 11 is 24.2. The molecule has 0 aliphatic rings. The highest BCUT2D eigenvalue weighted by atomic mass is 35.5. The largest absolute Gasteiger partial charge is 0.495 e. The maximum Gasteiger partial charge on any atom is 0.495 e. The molecule has 2 nitrogen and oxygen atoms in total. The number of imidazole rings is 1. The molecule has 0 aliphatic carbocycles. The van der Waals surface area contributed by atoms with Crippen molar-refractivity contribution in [1.29, 1.82) is 0 Å². The zero-order valence-electron chi connectivity index (χ0n) is 11.7. The third kappa shape index (κ3) is 2.77. The molecule has 0 saturated heterocycles. The van der Waals surface area contributed by atoms with Crippen LogP contribution in [0, 0.1) is 0 Å². The topological polar surface area (TPSA) is 8.81 Å². The summed E-state index contributed by atoms with van der Waals surface area (Å²) < 4.78 is 42.4. The Morgan fingerprint density at radius 2 is 1.55 bits per heavy atom. The van der Waals surface area contributed by atoms with Crippen molar-refractivity contribution >= 4 is 57.4 Å². The van der Waals surface area contributed by atoms with Crippen molar-refractivity contribution in [3.63, 3.8) is 0 Å². The van der Waals surface area contributed by atoms with Gasteiger partial charge in [0.15, 0.2) is 11.0 Å². The van der Waals surface area contributed by atoms with Gasteiger partial charge >= 0.3 is 12.0 Å². The average Bonchev–Trinajstić information content (AvgIpc) is 2.73. The zero-order chi connectivity index (χ0) is 16.8. The van der Waals surface area contributed by atoms with Gasteiger partial charge in [0.2, 0.25) is 0 Å². The maximum atomic E-state index is 13.4. The molecule has 0 saturated carbocycles. The number of aromatic nitrogens is 2. The molecule has 0 radical (unpaired) electrons. The number of fused-ring (bicyclic) bond motifs is 1. The molecule has 0 atom stereocenters. The van der Waals surface area contributed by atoms with Gasteiger partial charge in [-0.3, -0.25) is 0 Å². The van der Waals surface area contributed by atoms with Crippen molar-refractivity contribution in [2.24, 2.45) is 7.05 Å². The second-order valence-electron chi connectivity index (χ2n) is 4.84. The smallest absolute Gasteiger partial charge is 0.220 e. The fourth-order valence-electron chi connectivity index (χ4n) is 2.43. The van der Waals surface area contributed by atoms with Gasteiger partial charge in [-0.2, -0.15) is 13.2 Å². The number of unbranched alkanes of at least 4 members (excludes halogenated alkanes) is 1. The Labute approximate surface area is 145 Å². The van der Waals surface area contributed by atoms with Gasteiger partial charge in [-0.25, -0.2) is 9.13 Å². The number of benzene rings is 1. The van der Waals surface area contributed by atoms with Crippen molar-refractivity contribution < 1.29 is 17.7 Å². The molecule has 2 aromatic rings. The predicted molar refractivity (Wildman–Crippen MR) is 83.1 cm³/mol. The lowest BCUT2D eigenvalue weighted by Gasteiger charge is -2.06. The van der Waals surface area contributed by atoms with E-state index < -0.39 is 12.0 Å². The van der Waals surface area contributed by atoms with Gasteiger partial charge in [0.1, 0.15) is 10.0 Å². The van der Waals surface area contributed by atoms with E-state index in [1.54, 1.807) is 0 Å². The molecule has 122 valence electrons. The van der Waals surface area contributed by atoms with Crippen molar-refractivity contribution in [1.82, 2.24) is 4.57 Å². The first kappa shape index (κ1) is 18.0. The molecule has 9 heteroatoms. The molecule has 0 N–H and O–H groups in total. The van der Waals surface area contributed by atoms with Crippen LogP contribution in [0.2, 0.25) is 20.1 Å². The average molecular weight is 395 g/mol. The summed E-state index contributed by atoms with van der Waals surface area (Å²) in [6.07, 6.45) is -3.28. The molecule has 2 rings (SSSR count). The standard InChI is InChI=1S/C13H12Cl4F3N2/c1-3-4-5-22-11-9(17)7(15)6(14)8(16)10(11)21(2)12(22)13(18,19)20/h3-5H2,1-2H3/q+1. The Kier molecular flexibility index (Phi) is 5.12. The van der Waals surface area contributed by atoms with E-state index in [0.717, 1.165) is 15.6 Å². The van der Waals surface area contributed by atoms with Gasteiger partial charge in [-0.1, -0.05) is 59.7 Å². The van der Waals surface area contributed by atoms with Crippen LogP contribution in [0.1, 0.15) is 25.6 Å². The Morgan fingerprint density at radius 3 is 2.05 bits per heavy atom. The van der Waals surface area contributed by atoms with Gasteiger partial charge < -0.3 is 0 Å². The minimum absolute atomic E-state index is 0.0340. The minimum Gasteiger partial charge on any atom is -0.220 e. The number of nitrogens with zero attached hydrogens (tertiary/aromatic N) is 2. The summed E-state index contributed by atoms with van der Waals surface area (Å²) in [5.41, 5.74) is 0.258. The summed E-state index contributed by atoms with van der Waals surface area (Å²) in [5, 5.41) is -0.189. The number of hydrogen-bond donors (Lipinski definition) is 0. The summed E-state index contributed by atoms with van der Waals surface area (Å²) in [7, 11) is 1.28. The predicted octanol–water partition coefficient (Wildman–Crippen LogP) is 5.90. The van der Waals surface area contributed by atoms with Crippen molar-refractivity contribution in [2.45, 2.75) is 32.5 Å². The first-order chi connectivity index (χ1) is 10.1. The number of hydrogen-bond acceptors (Lipinski definition) is 0. The normalized spacial score (nSPS) is 12.4. The Bertz CT molecular complexity index is 738. The summed E-state index contributed by atoms with van der Waals surface area (Å²) in [6, 6.07) is 0. The maximum absolute atomic E-state index is 13.4. The second kappa shape index (κ2) is 6.27. The number of aryl methyl sites for hydroxylation is 2. The third-order valence-electron chi connectivity index (χ3n) is 3.39. The van der Waals surface area contributed by atoms with Crippen LogP contribution in [0.25, 0.3) is 11.0 Å². The minimum atomic E-state index is -4.56. The lowest BCUT2D eigenvalue weighted by atomic mass is 10.3. The van der Waals surface area contributed by atoms with Crippen molar-refractivity contribution in [3.05, 3.63) is 25.9 Å². The summed E-state index contributed by atoms with van der Waals surface area (Å²) in [5.74, 6) is -0.849. The molecule has 0 amide bonds. The summed E-state index contributed by atoms with van der Waals surface area (Å²) in [6.45, 7) is 2.04. The zero-order valence-corrected chi connectivity index (χ0v) is 14.7. The van der Waals surface area contributed by atoms with Gasteiger partial charge in [0.25, 0.3) is 0 Å².